The van der Waals surface area contributed by atoms with E-state index in [2.05, 4.69) is 188 Å². The van der Waals surface area contributed by atoms with Crippen molar-refractivity contribution in [3.8, 4) is 23.0 Å². The second-order valence-electron chi connectivity index (χ2n) is 31.3. The molecule has 0 aliphatic rings. The second kappa shape index (κ2) is 27.3. The van der Waals surface area contributed by atoms with Crippen LogP contribution in [0.4, 0.5) is 0 Å². The van der Waals surface area contributed by atoms with Crippen molar-refractivity contribution in [2.75, 3.05) is 13.1 Å². The molecule has 0 saturated carbocycles. The Morgan fingerprint density at radius 2 is 0.446 bits per heavy atom. The first-order chi connectivity index (χ1) is 37.5. The minimum absolute atomic E-state index is 0.0225. The fraction of sp³-hybridized carbons (Fsp3) is 0.606. The van der Waals surface area contributed by atoms with Gasteiger partial charge in [0.25, 0.3) is 0 Å². The number of hydrogen-bond acceptors (Lipinski definition) is 8. The molecule has 4 aromatic carbocycles. The molecule has 0 atom stereocenters. The lowest BCUT2D eigenvalue weighted by Crippen LogP contribution is -2.41. The molecule has 0 unspecified atom stereocenters. The van der Waals surface area contributed by atoms with E-state index in [0.29, 0.717) is 81.0 Å². The second-order valence-corrected chi connectivity index (χ2v) is 31.3. The number of rotatable bonds is 16. The maximum absolute atomic E-state index is 12.6. The van der Waals surface area contributed by atoms with Gasteiger partial charge in [0.2, 0.25) is 23.6 Å². The maximum Gasteiger partial charge on any atom is 0.238 e. The Morgan fingerprint density at radius 3 is 0.602 bits per heavy atom. The van der Waals surface area contributed by atoms with Crippen LogP contribution >= 0.6 is 0 Å². The number of benzene rings is 4. The van der Waals surface area contributed by atoms with E-state index >= 15 is 0 Å². The highest BCUT2D eigenvalue weighted by atomic mass is 16.3. The average Bonchev–Trinajstić information content (AvgIpc) is 3.39. The van der Waals surface area contributed by atoms with Crippen LogP contribution in [0, 0.1) is 0 Å². The number of aryl methyl sites for hydroxylation is 4. The van der Waals surface area contributed by atoms with Gasteiger partial charge in [-0.25, -0.2) is 0 Å². The van der Waals surface area contributed by atoms with Crippen LogP contribution in [0.15, 0.2) is 48.5 Å². The Hall–Kier alpha value is -6.04. The van der Waals surface area contributed by atoms with Crippen LogP contribution in [0.2, 0.25) is 0 Å². The van der Waals surface area contributed by atoms with E-state index in [-0.39, 0.29) is 79.8 Å². The van der Waals surface area contributed by atoms with Gasteiger partial charge in [-0.1, -0.05) is 215 Å². The summed E-state index contributed by atoms with van der Waals surface area (Å²) in [5.74, 6) is 0.745. The van der Waals surface area contributed by atoms with Crippen molar-refractivity contribution in [3.05, 3.63) is 115 Å². The van der Waals surface area contributed by atoms with E-state index in [4.69, 9.17) is 0 Å². The molecule has 0 bridgehead atoms. The van der Waals surface area contributed by atoms with E-state index in [1.807, 2.05) is 48.5 Å². The minimum Gasteiger partial charge on any atom is -0.507 e. The zero-order valence-corrected chi connectivity index (χ0v) is 55.8. The molecule has 0 radical (unpaired) electrons. The SMILES string of the molecule is CC(C)(C)c1cc(CCC(=O)NCCCNC(=O)CCc2cc(C(C)(C)C)c(O)c(C(C)(C)C)c2)cc(C(C)(C)C)c1O.CC(C)(C)c1cc(CCC(=O)NNC(=O)CCc2cc(C(C)(C)C)c(O)c(C(C)(C)C)c2)cc(C(C)(C)C)c1O. The van der Waals surface area contributed by atoms with Crippen LogP contribution in [0.5, 0.6) is 23.0 Å². The number of phenols is 4. The van der Waals surface area contributed by atoms with Gasteiger partial charge in [0.1, 0.15) is 23.0 Å². The summed E-state index contributed by atoms with van der Waals surface area (Å²) in [7, 11) is 0. The highest BCUT2D eigenvalue weighted by Crippen LogP contribution is 2.44. The number of carbonyl (C=O) groups is 4. The summed E-state index contributed by atoms with van der Waals surface area (Å²) in [4.78, 5) is 50.3. The zero-order chi connectivity index (χ0) is 63.8. The lowest BCUT2D eigenvalue weighted by molar-refractivity contribution is -0.128. The fourth-order valence-electron chi connectivity index (χ4n) is 9.94. The van der Waals surface area contributed by atoms with Gasteiger partial charge in [0, 0.05) is 38.8 Å². The third kappa shape index (κ3) is 21.5. The smallest absolute Gasteiger partial charge is 0.238 e. The Bertz CT molecular complexity index is 2570. The molecule has 4 aromatic rings. The van der Waals surface area contributed by atoms with Gasteiger partial charge in [-0.15, -0.1) is 0 Å². The molecule has 8 N–H and O–H groups in total. The van der Waals surface area contributed by atoms with Gasteiger partial charge in [0.05, 0.1) is 0 Å². The van der Waals surface area contributed by atoms with Crippen molar-refractivity contribution >= 4 is 23.6 Å². The standard InChI is InChI=1S/C37H58N2O4.C34H52N2O4/c1-34(2,3)26-20-24(21-27(32(26)42)35(4,5)6)14-16-30(40)38-18-13-19-39-31(41)17-15-25-22-28(36(7,8)9)33(43)29(23-25)37(10,11)12;1-31(2,3)23-17-21(18-24(29(23)39)32(4,5)6)13-15-27(37)35-36-28(38)16-14-22-19-25(33(7,8)9)30(40)26(20-22)34(10,11)12/h20-23,42-43H,13-19H2,1-12H3,(H,38,40)(H,39,41);17-20,39-40H,13-16H2,1-12H3,(H,35,37)(H,36,38). The molecule has 462 valence electrons. The quantitative estimate of drug-likeness (QED) is 0.0400. The summed E-state index contributed by atoms with van der Waals surface area (Å²) in [5, 5.41) is 49.6. The fourth-order valence-corrected chi connectivity index (χ4v) is 9.94. The van der Waals surface area contributed by atoms with Gasteiger partial charge in [-0.3, -0.25) is 30.0 Å². The Balaban J connectivity index is 0.000000436. The number of nitrogens with one attached hydrogen (secondary N) is 4. The first-order valence-electron chi connectivity index (χ1n) is 30.1. The highest BCUT2D eigenvalue weighted by molar-refractivity contribution is 5.82. The van der Waals surface area contributed by atoms with E-state index in [9.17, 15) is 39.6 Å². The van der Waals surface area contributed by atoms with Crippen LogP contribution in [-0.4, -0.2) is 57.1 Å². The third-order valence-electron chi connectivity index (χ3n) is 15.0. The van der Waals surface area contributed by atoms with E-state index in [1.54, 1.807) is 0 Å². The molecule has 0 aliphatic heterocycles. The zero-order valence-electron chi connectivity index (χ0n) is 55.8. The Labute approximate surface area is 501 Å². The lowest BCUT2D eigenvalue weighted by atomic mass is 9.78. The van der Waals surface area contributed by atoms with Crippen molar-refractivity contribution in [1.29, 1.82) is 0 Å². The minimum atomic E-state index is -0.272. The van der Waals surface area contributed by atoms with E-state index in [0.717, 1.165) is 66.8 Å². The normalized spacial score (nSPS) is 12.8. The predicted octanol–water partition coefficient (Wildman–Crippen LogP) is 14.5. The monoisotopic (exact) mass is 1150 g/mol. The van der Waals surface area contributed by atoms with Crippen LogP contribution < -0.4 is 21.5 Å². The Morgan fingerprint density at radius 1 is 0.289 bits per heavy atom. The van der Waals surface area contributed by atoms with Crippen LogP contribution in [0.3, 0.4) is 0 Å². The third-order valence-corrected chi connectivity index (χ3v) is 15.0. The van der Waals surface area contributed by atoms with Crippen molar-refractivity contribution < 1.29 is 39.6 Å². The molecule has 4 amide bonds. The number of carbonyl (C=O) groups excluding carboxylic acids is 4. The molecular weight excluding hydrogens is 1040 g/mol. The molecule has 0 saturated heterocycles. The summed E-state index contributed by atoms with van der Waals surface area (Å²) in [5.41, 5.74) is 14.4. The molecule has 4 rings (SSSR count). The molecule has 0 fully saturated rings. The molecule has 12 nitrogen and oxygen atoms in total. The van der Waals surface area contributed by atoms with Gasteiger partial charge in [0.15, 0.2) is 0 Å². The van der Waals surface area contributed by atoms with Crippen LogP contribution in [0.1, 0.15) is 265 Å². The average molecular weight is 1150 g/mol. The first-order valence-corrected chi connectivity index (χ1v) is 30.1. The summed E-state index contributed by atoms with van der Waals surface area (Å²) >= 11 is 0. The van der Waals surface area contributed by atoms with Crippen LogP contribution in [-0.2, 0) is 88.2 Å². The van der Waals surface area contributed by atoms with Gasteiger partial charge >= 0.3 is 0 Å². The van der Waals surface area contributed by atoms with Crippen molar-refractivity contribution in [3.63, 3.8) is 0 Å². The maximum atomic E-state index is 12.6. The van der Waals surface area contributed by atoms with Gasteiger partial charge in [-0.05, 0) is 142 Å². The van der Waals surface area contributed by atoms with Gasteiger partial charge < -0.3 is 31.1 Å². The molecule has 0 aromatic heterocycles. The highest BCUT2D eigenvalue weighted by Gasteiger charge is 2.31. The lowest BCUT2D eigenvalue weighted by Gasteiger charge is -2.28. The van der Waals surface area contributed by atoms with E-state index in [1.165, 1.54) is 0 Å². The molecule has 0 spiro atoms. The molecule has 0 aliphatic carbocycles. The molecule has 0 heterocycles. The number of amides is 4. The predicted molar refractivity (Wildman–Crippen MR) is 342 cm³/mol. The van der Waals surface area contributed by atoms with Crippen molar-refractivity contribution in [2.24, 2.45) is 0 Å². The van der Waals surface area contributed by atoms with E-state index < -0.39 is 0 Å². The topological polar surface area (TPSA) is 197 Å². The summed E-state index contributed by atoms with van der Waals surface area (Å²) in [6, 6.07) is 16.0. The summed E-state index contributed by atoms with van der Waals surface area (Å²) < 4.78 is 0. The largest absolute Gasteiger partial charge is 0.507 e. The number of hydrogen-bond donors (Lipinski definition) is 8. The number of phenolic OH excluding ortho intramolecular Hbond substituents is 4. The molecule has 83 heavy (non-hydrogen) atoms. The van der Waals surface area contributed by atoms with Gasteiger partial charge in [-0.2, -0.15) is 0 Å². The molecular formula is C71H110N4O8. The van der Waals surface area contributed by atoms with Crippen molar-refractivity contribution in [1.82, 2.24) is 21.5 Å². The van der Waals surface area contributed by atoms with Crippen molar-refractivity contribution in [2.45, 2.75) is 267 Å². The summed E-state index contributed by atoms with van der Waals surface area (Å²) in [6.45, 7) is 50.8. The number of aromatic hydroxyl groups is 4. The Kier molecular flexibility index (Phi) is 23.5. The molecule has 12 heteroatoms. The summed E-state index contributed by atoms with van der Waals surface area (Å²) in [6.07, 6.45) is 3.98. The van der Waals surface area contributed by atoms with Crippen LogP contribution in [0.25, 0.3) is 0 Å². The number of hydrazine groups is 1. The first kappa shape index (κ1) is 71.2.